The number of nitrogens with one attached hydrogen (secondary N) is 1. The molecule has 0 aromatic heterocycles. The Morgan fingerprint density at radius 3 is 2.32 bits per heavy atom. The lowest BCUT2D eigenvalue weighted by atomic mass is 10.0. The third kappa shape index (κ3) is 6.85. The lowest BCUT2D eigenvalue weighted by molar-refractivity contribution is 0.187. The zero-order valence-electron chi connectivity index (χ0n) is 12.1. The summed E-state index contributed by atoms with van der Waals surface area (Å²) >= 11 is 0. The Kier molecular flexibility index (Phi) is 7.71. The van der Waals surface area contributed by atoms with Crippen LogP contribution in [0.4, 0.5) is 10.5 Å². The lowest BCUT2D eigenvalue weighted by Gasteiger charge is -2.05. The Bertz CT molecular complexity index is 360. The fourth-order valence-electron chi connectivity index (χ4n) is 2.03. The first kappa shape index (κ1) is 15.5. The van der Waals surface area contributed by atoms with Crippen LogP contribution in [-0.4, -0.2) is 13.2 Å². The smallest absolute Gasteiger partial charge is 0.411 e. The van der Waals surface area contributed by atoms with Crippen molar-refractivity contribution < 1.29 is 9.53 Å². The van der Waals surface area contributed by atoms with Crippen molar-refractivity contribution in [2.24, 2.45) is 0 Å². The van der Waals surface area contributed by atoms with Crippen LogP contribution in [-0.2, 0) is 11.2 Å². The molecule has 1 N–H and O–H groups in total. The van der Waals surface area contributed by atoms with Crippen LogP contribution in [0.3, 0.4) is 0 Å². The highest BCUT2D eigenvalue weighted by Gasteiger charge is 2.00. The Morgan fingerprint density at radius 1 is 1.05 bits per heavy atom. The van der Waals surface area contributed by atoms with Crippen molar-refractivity contribution in [2.75, 3.05) is 12.4 Å². The number of hydrogen-bond donors (Lipinski definition) is 1. The first-order chi connectivity index (χ1) is 9.26. The summed E-state index contributed by atoms with van der Waals surface area (Å²) in [6.07, 6.45) is 8.60. The topological polar surface area (TPSA) is 38.3 Å². The van der Waals surface area contributed by atoms with Gasteiger partial charge in [0.2, 0.25) is 0 Å². The normalized spacial score (nSPS) is 10.2. The van der Waals surface area contributed by atoms with Gasteiger partial charge in [0.15, 0.2) is 0 Å². The molecule has 0 fully saturated rings. The van der Waals surface area contributed by atoms with E-state index in [4.69, 9.17) is 0 Å². The summed E-state index contributed by atoms with van der Waals surface area (Å²) in [5.41, 5.74) is 2.10. The van der Waals surface area contributed by atoms with Crippen molar-refractivity contribution >= 4 is 11.8 Å². The molecule has 0 bridgehead atoms. The first-order valence-corrected chi connectivity index (χ1v) is 7.20. The van der Waals surface area contributed by atoms with E-state index in [1.54, 1.807) is 0 Å². The number of anilines is 1. The van der Waals surface area contributed by atoms with Crippen LogP contribution >= 0.6 is 0 Å². The highest BCUT2D eigenvalue weighted by atomic mass is 16.5. The summed E-state index contributed by atoms with van der Waals surface area (Å²) in [5, 5.41) is 2.65. The molecule has 0 unspecified atom stereocenters. The number of benzene rings is 1. The van der Waals surface area contributed by atoms with Gasteiger partial charge in [-0.3, -0.25) is 5.32 Å². The number of rotatable bonds is 8. The van der Waals surface area contributed by atoms with Crippen LogP contribution in [0.15, 0.2) is 24.3 Å². The maximum Gasteiger partial charge on any atom is 0.411 e. The van der Waals surface area contributed by atoms with Gasteiger partial charge in [-0.25, -0.2) is 4.79 Å². The minimum atomic E-state index is -0.427. The van der Waals surface area contributed by atoms with Crippen molar-refractivity contribution in [3.8, 4) is 0 Å². The summed E-state index contributed by atoms with van der Waals surface area (Å²) in [6.45, 7) is 2.24. The van der Waals surface area contributed by atoms with Gasteiger partial charge in [-0.2, -0.15) is 0 Å². The average molecular weight is 263 g/mol. The lowest BCUT2D eigenvalue weighted by Crippen LogP contribution is -2.10. The van der Waals surface area contributed by atoms with Gasteiger partial charge in [-0.15, -0.1) is 0 Å². The molecule has 0 heterocycles. The summed E-state index contributed by atoms with van der Waals surface area (Å²) in [6, 6.07) is 7.97. The quantitative estimate of drug-likeness (QED) is 0.686. The Morgan fingerprint density at radius 2 is 1.68 bits per heavy atom. The molecule has 0 aliphatic heterocycles. The van der Waals surface area contributed by atoms with Gasteiger partial charge < -0.3 is 4.74 Å². The second-order valence-electron chi connectivity index (χ2n) is 4.83. The maximum atomic E-state index is 11.0. The fraction of sp³-hybridized carbons (Fsp3) is 0.562. The number of aryl methyl sites for hydroxylation is 1. The Hall–Kier alpha value is -1.51. The van der Waals surface area contributed by atoms with Crippen LogP contribution in [0.25, 0.3) is 0 Å². The molecule has 0 saturated carbocycles. The molecule has 0 spiro atoms. The summed E-state index contributed by atoms with van der Waals surface area (Å²) in [7, 11) is 1.36. The van der Waals surface area contributed by atoms with E-state index in [1.807, 2.05) is 12.1 Å². The fourth-order valence-corrected chi connectivity index (χ4v) is 2.03. The second-order valence-corrected chi connectivity index (χ2v) is 4.83. The molecule has 3 nitrogen and oxygen atoms in total. The molecular weight excluding hydrogens is 238 g/mol. The van der Waals surface area contributed by atoms with Crippen molar-refractivity contribution in [3.63, 3.8) is 0 Å². The maximum absolute atomic E-state index is 11.0. The number of methoxy groups -OCH3 is 1. The van der Waals surface area contributed by atoms with Crippen LogP contribution in [0.5, 0.6) is 0 Å². The molecule has 3 heteroatoms. The van der Waals surface area contributed by atoms with E-state index in [9.17, 15) is 4.79 Å². The third-order valence-electron chi connectivity index (χ3n) is 3.20. The average Bonchev–Trinajstić information content (AvgIpc) is 2.44. The van der Waals surface area contributed by atoms with E-state index in [2.05, 4.69) is 29.1 Å². The van der Waals surface area contributed by atoms with Crippen molar-refractivity contribution in [1.29, 1.82) is 0 Å². The molecular formula is C16H25NO2. The van der Waals surface area contributed by atoms with Crippen LogP contribution in [0.2, 0.25) is 0 Å². The van der Waals surface area contributed by atoms with Crippen LogP contribution in [0, 0.1) is 0 Å². The van der Waals surface area contributed by atoms with Crippen molar-refractivity contribution in [1.82, 2.24) is 0 Å². The van der Waals surface area contributed by atoms with Gasteiger partial charge in [-0.1, -0.05) is 51.2 Å². The summed E-state index contributed by atoms with van der Waals surface area (Å²) in [4.78, 5) is 11.0. The zero-order chi connectivity index (χ0) is 13.9. The van der Waals surface area contributed by atoms with E-state index in [1.165, 1.54) is 51.2 Å². The summed E-state index contributed by atoms with van der Waals surface area (Å²) < 4.78 is 4.55. The first-order valence-electron chi connectivity index (χ1n) is 7.20. The van der Waals surface area contributed by atoms with E-state index in [0.29, 0.717) is 0 Å². The minimum absolute atomic E-state index is 0.427. The number of amides is 1. The summed E-state index contributed by atoms with van der Waals surface area (Å²) in [5.74, 6) is 0. The molecule has 106 valence electrons. The molecule has 0 saturated heterocycles. The van der Waals surface area contributed by atoms with Crippen LogP contribution in [0.1, 0.15) is 51.0 Å². The second kappa shape index (κ2) is 9.42. The van der Waals surface area contributed by atoms with E-state index in [-0.39, 0.29) is 0 Å². The number of ether oxygens (including phenoxy) is 1. The number of hydrogen-bond acceptors (Lipinski definition) is 2. The van der Waals surface area contributed by atoms with Gasteiger partial charge in [0.05, 0.1) is 7.11 Å². The van der Waals surface area contributed by atoms with Gasteiger partial charge >= 0.3 is 6.09 Å². The van der Waals surface area contributed by atoms with Gasteiger partial charge in [0.1, 0.15) is 0 Å². The van der Waals surface area contributed by atoms with Crippen LogP contribution < -0.4 is 5.32 Å². The Balaban J connectivity index is 2.22. The monoisotopic (exact) mass is 263 g/mol. The highest BCUT2D eigenvalue weighted by Crippen LogP contribution is 2.13. The Labute approximate surface area is 116 Å². The van der Waals surface area contributed by atoms with E-state index in [0.717, 1.165) is 12.1 Å². The van der Waals surface area contributed by atoms with Crippen molar-refractivity contribution in [3.05, 3.63) is 29.8 Å². The molecule has 1 aromatic rings. The number of carbonyl (C=O) groups excluding carboxylic acids is 1. The van der Waals surface area contributed by atoms with Crippen molar-refractivity contribution in [2.45, 2.75) is 51.9 Å². The third-order valence-corrected chi connectivity index (χ3v) is 3.20. The predicted molar refractivity (Wildman–Crippen MR) is 79.5 cm³/mol. The van der Waals surface area contributed by atoms with Gasteiger partial charge in [0, 0.05) is 5.69 Å². The highest BCUT2D eigenvalue weighted by molar-refractivity contribution is 5.84. The zero-order valence-corrected chi connectivity index (χ0v) is 12.1. The number of unbranched alkanes of at least 4 members (excludes halogenated alkanes) is 5. The van der Waals surface area contributed by atoms with Gasteiger partial charge in [-0.05, 0) is 30.5 Å². The predicted octanol–water partition coefficient (Wildman–Crippen LogP) is 4.77. The van der Waals surface area contributed by atoms with E-state index >= 15 is 0 Å². The molecule has 1 rings (SSSR count). The number of carbonyl (C=O) groups is 1. The van der Waals surface area contributed by atoms with Gasteiger partial charge in [0.25, 0.3) is 0 Å². The molecule has 1 aromatic carbocycles. The molecule has 0 aliphatic rings. The molecule has 19 heavy (non-hydrogen) atoms. The molecule has 0 radical (unpaired) electrons. The SMILES string of the molecule is CCCCCCCCc1ccc(NC(=O)OC)cc1. The molecule has 1 amide bonds. The largest absolute Gasteiger partial charge is 0.453 e. The standard InChI is InChI=1S/C16H25NO2/c1-3-4-5-6-7-8-9-14-10-12-15(13-11-14)17-16(18)19-2/h10-13H,3-9H2,1-2H3,(H,17,18). The van der Waals surface area contributed by atoms with E-state index < -0.39 is 6.09 Å². The molecule has 0 aliphatic carbocycles. The minimum Gasteiger partial charge on any atom is -0.453 e. The molecule has 0 atom stereocenters.